The summed E-state index contributed by atoms with van der Waals surface area (Å²) < 4.78 is 7.51. The maximum atomic E-state index is 13.0. The quantitative estimate of drug-likeness (QED) is 0.189. The number of ether oxygens (including phenoxy) is 1. The molecule has 0 atom stereocenters. The Morgan fingerprint density at radius 3 is 2.35 bits per heavy atom. The fraction of sp³-hybridized carbons (Fsp3) is 0.172. The minimum atomic E-state index is -0.140. The van der Waals surface area contributed by atoms with Gasteiger partial charge in [-0.3, -0.25) is 4.79 Å². The van der Waals surface area contributed by atoms with Gasteiger partial charge in [-0.15, -0.1) is 0 Å². The van der Waals surface area contributed by atoms with E-state index < -0.39 is 0 Å². The Morgan fingerprint density at radius 1 is 0.919 bits per heavy atom. The molecule has 3 aromatic carbocycles. The van der Waals surface area contributed by atoms with Crippen molar-refractivity contribution in [3.05, 3.63) is 90.6 Å². The summed E-state index contributed by atoms with van der Waals surface area (Å²) in [7, 11) is 0. The van der Waals surface area contributed by atoms with Crippen LogP contribution in [0.5, 0.6) is 5.75 Å². The maximum Gasteiger partial charge on any atom is 0.234 e. The highest BCUT2D eigenvalue weighted by atomic mass is 32.2. The minimum absolute atomic E-state index is 0.140. The number of hydrogen-bond acceptors (Lipinski definition) is 6. The largest absolute Gasteiger partial charge is 0.492 e. The molecule has 5 rings (SSSR count). The Hall–Kier alpha value is -4.17. The van der Waals surface area contributed by atoms with Crippen molar-refractivity contribution in [3.8, 4) is 22.8 Å². The second kappa shape index (κ2) is 11.3. The van der Waals surface area contributed by atoms with Crippen LogP contribution in [-0.2, 0) is 11.2 Å². The predicted molar refractivity (Wildman–Crippen MR) is 148 cm³/mol. The first-order valence-electron chi connectivity index (χ1n) is 12.2. The number of anilines is 1. The smallest absolute Gasteiger partial charge is 0.234 e. The number of nitrogens with zero attached hydrogens (tertiary/aromatic N) is 4. The summed E-state index contributed by atoms with van der Waals surface area (Å²) in [6, 6.07) is 27.2. The molecular weight excluding hydrogens is 482 g/mol. The van der Waals surface area contributed by atoms with Crippen molar-refractivity contribution in [1.82, 2.24) is 19.7 Å². The second-order valence-corrected chi connectivity index (χ2v) is 9.19. The molecule has 0 unspecified atom stereocenters. The lowest BCUT2D eigenvalue weighted by molar-refractivity contribution is -0.113. The van der Waals surface area contributed by atoms with Crippen LogP contribution in [-0.4, -0.2) is 38.0 Å². The molecule has 1 N–H and O–H groups in total. The molecule has 0 aliphatic heterocycles. The van der Waals surface area contributed by atoms with Crippen LogP contribution in [0, 0.1) is 0 Å². The number of fused-ring (bicyclic) bond motifs is 1. The van der Waals surface area contributed by atoms with Crippen molar-refractivity contribution >= 4 is 34.4 Å². The van der Waals surface area contributed by atoms with Crippen molar-refractivity contribution < 1.29 is 9.53 Å². The van der Waals surface area contributed by atoms with E-state index in [9.17, 15) is 4.79 Å². The second-order valence-electron chi connectivity index (χ2n) is 8.23. The van der Waals surface area contributed by atoms with E-state index in [4.69, 9.17) is 19.8 Å². The highest BCUT2D eigenvalue weighted by Crippen LogP contribution is 2.33. The zero-order chi connectivity index (χ0) is 25.6. The van der Waals surface area contributed by atoms with E-state index >= 15 is 0 Å². The lowest BCUT2D eigenvalue weighted by atomic mass is 10.2. The van der Waals surface area contributed by atoms with E-state index in [0.29, 0.717) is 30.3 Å². The van der Waals surface area contributed by atoms with Crippen LogP contribution in [0.2, 0.25) is 0 Å². The lowest BCUT2D eigenvalue weighted by Crippen LogP contribution is -2.15. The van der Waals surface area contributed by atoms with E-state index in [-0.39, 0.29) is 11.7 Å². The van der Waals surface area contributed by atoms with Gasteiger partial charge in [0.1, 0.15) is 10.8 Å². The van der Waals surface area contributed by atoms with Crippen LogP contribution in [0.4, 0.5) is 5.69 Å². The van der Waals surface area contributed by atoms with Gasteiger partial charge in [-0.2, -0.15) is 5.10 Å². The fourth-order valence-corrected chi connectivity index (χ4v) is 4.89. The Kier molecular flexibility index (Phi) is 7.46. The number of hydrogen-bond donors (Lipinski definition) is 1. The summed E-state index contributed by atoms with van der Waals surface area (Å²) in [5, 5.41) is 9.46. The number of rotatable bonds is 9. The van der Waals surface area contributed by atoms with E-state index in [1.54, 1.807) is 0 Å². The van der Waals surface area contributed by atoms with E-state index in [2.05, 4.69) is 12.2 Å². The van der Waals surface area contributed by atoms with E-state index in [1.807, 2.05) is 96.5 Å². The summed E-state index contributed by atoms with van der Waals surface area (Å²) in [6.07, 6.45) is 0.714. The van der Waals surface area contributed by atoms with Crippen molar-refractivity contribution in [2.45, 2.75) is 25.3 Å². The third-order valence-corrected chi connectivity index (χ3v) is 6.71. The molecule has 1 amide bonds. The van der Waals surface area contributed by atoms with Gasteiger partial charge in [0.2, 0.25) is 5.91 Å². The van der Waals surface area contributed by atoms with Gasteiger partial charge < -0.3 is 10.1 Å². The summed E-state index contributed by atoms with van der Waals surface area (Å²) >= 11 is 1.39. The van der Waals surface area contributed by atoms with Gasteiger partial charge in [-0.05, 0) is 37.6 Å². The van der Waals surface area contributed by atoms with Gasteiger partial charge in [0.05, 0.1) is 34.8 Å². The topological polar surface area (TPSA) is 81.9 Å². The number of benzene rings is 3. The van der Waals surface area contributed by atoms with E-state index in [0.717, 1.165) is 33.0 Å². The molecule has 37 heavy (non-hydrogen) atoms. The van der Waals surface area contributed by atoms with E-state index in [1.165, 1.54) is 11.8 Å². The normalized spacial score (nSPS) is 11.0. The van der Waals surface area contributed by atoms with Crippen molar-refractivity contribution in [3.63, 3.8) is 0 Å². The SMILES string of the molecule is CCOc1ccccc1NC(=O)CSc1nc(-c2ccccc2)nc2c1c(CC)nn2-c1ccccc1. The average Bonchev–Trinajstić information content (AvgIpc) is 3.33. The molecule has 0 saturated heterocycles. The number of thioether (sulfide) groups is 1. The average molecular weight is 510 g/mol. The Morgan fingerprint density at radius 2 is 1.62 bits per heavy atom. The fourth-order valence-electron chi connectivity index (χ4n) is 4.04. The highest BCUT2D eigenvalue weighted by Gasteiger charge is 2.21. The summed E-state index contributed by atoms with van der Waals surface area (Å²) in [6.45, 7) is 4.50. The van der Waals surface area contributed by atoms with Crippen LogP contribution in [0.1, 0.15) is 19.5 Å². The lowest BCUT2D eigenvalue weighted by Gasteiger charge is -2.11. The van der Waals surface area contributed by atoms with Crippen molar-refractivity contribution in [2.75, 3.05) is 17.7 Å². The predicted octanol–water partition coefficient (Wildman–Crippen LogP) is 6.17. The van der Waals surface area contributed by atoms with Gasteiger partial charge in [0, 0.05) is 5.56 Å². The zero-order valence-electron chi connectivity index (χ0n) is 20.7. The van der Waals surface area contributed by atoms with Gasteiger partial charge in [-0.25, -0.2) is 14.6 Å². The van der Waals surface area contributed by atoms with Gasteiger partial charge in [-0.1, -0.05) is 79.3 Å². The maximum absolute atomic E-state index is 13.0. The van der Waals surface area contributed by atoms with Gasteiger partial charge in [0.15, 0.2) is 11.5 Å². The molecule has 0 aliphatic rings. The molecule has 186 valence electrons. The molecule has 0 fully saturated rings. The summed E-state index contributed by atoms with van der Waals surface area (Å²) in [5.74, 6) is 1.29. The first kappa shape index (κ1) is 24.5. The molecular formula is C29H27N5O2S. The first-order valence-corrected chi connectivity index (χ1v) is 13.2. The number of carbonyl (C=O) groups is 1. The molecule has 0 bridgehead atoms. The van der Waals surface area contributed by atoms with Crippen LogP contribution >= 0.6 is 11.8 Å². The molecule has 2 heterocycles. The molecule has 5 aromatic rings. The third kappa shape index (κ3) is 5.34. The van der Waals surface area contributed by atoms with Crippen LogP contribution in [0.25, 0.3) is 28.1 Å². The number of nitrogens with one attached hydrogen (secondary N) is 1. The Labute approximate surface area is 219 Å². The van der Waals surface area contributed by atoms with Crippen LogP contribution in [0.3, 0.4) is 0 Å². The zero-order valence-corrected chi connectivity index (χ0v) is 21.5. The molecule has 0 spiro atoms. The Bertz CT molecular complexity index is 1520. The van der Waals surface area contributed by atoms with Crippen molar-refractivity contribution in [2.24, 2.45) is 0 Å². The Balaban J connectivity index is 1.53. The van der Waals surface area contributed by atoms with Crippen LogP contribution < -0.4 is 10.1 Å². The molecule has 0 aliphatic carbocycles. The number of para-hydroxylation sites is 3. The van der Waals surface area contributed by atoms with Gasteiger partial charge in [0.25, 0.3) is 0 Å². The summed E-state index contributed by atoms with van der Waals surface area (Å²) in [4.78, 5) is 22.8. The molecule has 0 radical (unpaired) electrons. The first-order chi connectivity index (χ1) is 18.2. The minimum Gasteiger partial charge on any atom is -0.492 e. The molecule has 2 aromatic heterocycles. The standard InChI is InChI=1S/C29H27N5O2S/c1-3-22-26-28(34(33-22)21-15-9-6-10-16-21)31-27(20-13-7-5-8-14-20)32-29(26)37-19-25(35)30-23-17-11-12-18-24(23)36-4-2/h5-18H,3-4,19H2,1-2H3,(H,30,35). The molecule has 7 nitrogen and oxygen atoms in total. The number of aromatic nitrogens is 4. The highest BCUT2D eigenvalue weighted by molar-refractivity contribution is 8.00. The number of carbonyl (C=O) groups excluding carboxylic acids is 1. The number of amides is 1. The third-order valence-electron chi connectivity index (χ3n) is 5.74. The van der Waals surface area contributed by atoms with Crippen LogP contribution in [0.15, 0.2) is 90.0 Å². The monoisotopic (exact) mass is 509 g/mol. The van der Waals surface area contributed by atoms with Gasteiger partial charge >= 0.3 is 0 Å². The molecule has 0 saturated carbocycles. The number of aryl methyl sites for hydroxylation is 1. The summed E-state index contributed by atoms with van der Waals surface area (Å²) in [5.41, 5.74) is 4.09. The van der Waals surface area contributed by atoms with Crippen molar-refractivity contribution in [1.29, 1.82) is 0 Å². The molecule has 8 heteroatoms.